The van der Waals surface area contributed by atoms with Gasteiger partial charge >= 0.3 is 0 Å². The molecule has 1 aliphatic heterocycles. The number of fused-ring (bicyclic) bond motifs is 5. The van der Waals surface area contributed by atoms with Crippen molar-refractivity contribution in [2.75, 3.05) is 0 Å². The standard InChI is InChI=1S/C49H42O/c1-47(2,3)33-21-25-35(26-22-33)49(36-27-23-34(24-28-36)48(4,5)6)41-17-8-7-14-39(41)46-37(15-11-18-42(46)49)32-20-29-43-40(30-32)38-16-9-12-31-13-10-19-44(50-43)45(31)38/h7-30H,1-6H3. The molecular weight excluding hydrogens is 605 g/mol. The van der Waals surface area contributed by atoms with Gasteiger partial charge in [0.1, 0.15) is 11.5 Å². The fourth-order valence-corrected chi connectivity index (χ4v) is 8.53. The Bertz CT molecular complexity index is 2380. The summed E-state index contributed by atoms with van der Waals surface area (Å²) in [7, 11) is 0. The fourth-order valence-electron chi connectivity index (χ4n) is 8.53. The Balaban J connectivity index is 1.31. The van der Waals surface area contributed by atoms with E-state index in [1.807, 2.05) is 0 Å². The molecule has 0 atom stereocenters. The van der Waals surface area contributed by atoms with Gasteiger partial charge in [0.2, 0.25) is 0 Å². The maximum absolute atomic E-state index is 6.50. The average Bonchev–Trinajstić information content (AvgIpc) is 3.42. The monoisotopic (exact) mass is 646 g/mol. The van der Waals surface area contributed by atoms with E-state index in [0.717, 1.165) is 17.1 Å². The molecule has 1 heteroatoms. The minimum Gasteiger partial charge on any atom is -0.456 e. The number of benzene rings is 7. The lowest BCUT2D eigenvalue weighted by Gasteiger charge is -2.35. The smallest absolute Gasteiger partial charge is 0.135 e. The molecule has 7 aromatic rings. The van der Waals surface area contributed by atoms with Crippen LogP contribution in [0.15, 0.2) is 146 Å². The van der Waals surface area contributed by atoms with Crippen molar-refractivity contribution in [2.24, 2.45) is 0 Å². The zero-order valence-electron chi connectivity index (χ0n) is 29.8. The molecule has 244 valence electrons. The largest absolute Gasteiger partial charge is 0.456 e. The molecule has 0 bridgehead atoms. The van der Waals surface area contributed by atoms with Crippen LogP contribution in [0, 0.1) is 0 Å². The van der Waals surface area contributed by atoms with E-state index in [-0.39, 0.29) is 10.8 Å². The molecule has 0 N–H and O–H groups in total. The second kappa shape index (κ2) is 10.8. The van der Waals surface area contributed by atoms with Gasteiger partial charge in [-0.05, 0) is 95.6 Å². The summed E-state index contributed by atoms with van der Waals surface area (Å²) in [6, 6.07) is 54.5. The van der Waals surface area contributed by atoms with Crippen molar-refractivity contribution in [3.63, 3.8) is 0 Å². The van der Waals surface area contributed by atoms with Crippen LogP contribution in [0.2, 0.25) is 0 Å². The Morgan fingerprint density at radius 2 is 1.00 bits per heavy atom. The van der Waals surface area contributed by atoms with Crippen molar-refractivity contribution in [3.8, 4) is 44.9 Å². The van der Waals surface area contributed by atoms with Crippen molar-refractivity contribution >= 4 is 10.8 Å². The summed E-state index contributed by atoms with van der Waals surface area (Å²) in [6.07, 6.45) is 0. The SMILES string of the molecule is CC(C)(C)c1ccc(C2(c3ccc(C(C)(C)C)cc3)c3ccccc3-c3c(-c4ccc5c(c4)-c4cccc6cccc(c46)O5)cccc32)cc1. The third kappa shape index (κ3) is 4.46. The van der Waals surface area contributed by atoms with Crippen molar-refractivity contribution in [1.82, 2.24) is 0 Å². The van der Waals surface area contributed by atoms with Crippen LogP contribution in [-0.4, -0.2) is 0 Å². The van der Waals surface area contributed by atoms with Crippen LogP contribution in [0.4, 0.5) is 0 Å². The Morgan fingerprint density at radius 1 is 0.440 bits per heavy atom. The van der Waals surface area contributed by atoms with Crippen LogP contribution in [0.3, 0.4) is 0 Å². The zero-order valence-corrected chi connectivity index (χ0v) is 29.8. The minimum absolute atomic E-state index is 0.0692. The van der Waals surface area contributed by atoms with Gasteiger partial charge in [0.25, 0.3) is 0 Å². The molecule has 0 spiro atoms. The van der Waals surface area contributed by atoms with Crippen LogP contribution < -0.4 is 4.74 Å². The predicted octanol–water partition coefficient (Wildman–Crippen LogP) is 13.2. The molecule has 0 saturated carbocycles. The van der Waals surface area contributed by atoms with E-state index < -0.39 is 5.41 Å². The van der Waals surface area contributed by atoms with E-state index in [9.17, 15) is 0 Å². The van der Waals surface area contributed by atoms with Crippen molar-refractivity contribution in [2.45, 2.75) is 57.8 Å². The molecule has 0 unspecified atom stereocenters. The maximum atomic E-state index is 6.50. The second-order valence-corrected chi connectivity index (χ2v) is 16.2. The van der Waals surface area contributed by atoms with Gasteiger partial charge in [-0.2, -0.15) is 0 Å². The van der Waals surface area contributed by atoms with Gasteiger partial charge in [0, 0.05) is 10.9 Å². The quantitative estimate of drug-likeness (QED) is 0.186. The molecule has 1 heterocycles. The van der Waals surface area contributed by atoms with Crippen molar-refractivity contribution in [3.05, 3.63) is 179 Å². The highest BCUT2D eigenvalue weighted by Gasteiger charge is 2.47. The Labute approximate surface area is 296 Å². The summed E-state index contributed by atoms with van der Waals surface area (Å²) in [5.74, 6) is 1.83. The van der Waals surface area contributed by atoms with Crippen LogP contribution in [-0.2, 0) is 16.2 Å². The van der Waals surface area contributed by atoms with Gasteiger partial charge < -0.3 is 4.74 Å². The Kier molecular flexibility index (Phi) is 6.62. The number of ether oxygens (including phenoxy) is 1. The van der Waals surface area contributed by atoms with Crippen LogP contribution >= 0.6 is 0 Å². The molecule has 9 rings (SSSR count). The Morgan fingerprint density at radius 3 is 1.66 bits per heavy atom. The highest BCUT2D eigenvalue weighted by Crippen LogP contribution is 2.59. The first-order valence-corrected chi connectivity index (χ1v) is 17.8. The summed E-state index contributed by atoms with van der Waals surface area (Å²) in [4.78, 5) is 0. The van der Waals surface area contributed by atoms with Crippen LogP contribution in [0.5, 0.6) is 11.5 Å². The molecule has 1 aliphatic carbocycles. The first kappa shape index (κ1) is 30.6. The predicted molar refractivity (Wildman–Crippen MR) is 210 cm³/mol. The number of rotatable bonds is 3. The molecule has 0 amide bonds. The summed E-state index contributed by atoms with van der Waals surface area (Å²) in [5, 5.41) is 2.38. The van der Waals surface area contributed by atoms with E-state index in [1.54, 1.807) is 0 Å². The lowest BCUT2D eigenvalue weighted by molar-refractivity contribution is 0.487. The lowest BCUT2D eigenvalue weighted by atomic mass is 9.66. The van der Waals surface area contributed by atoms with Crippen molar-refractivity contribution in [1.29, 1.82) is 0 Å². The summed E-state index contributed by atoms with van der Waals surface area (Å²) >= 11 is 0. The summed E-state index contributed by atoms with van der Waals surface area (Å²) in [6.45, 7) is 13.7. The van der Waals surface area contributed by atoms with E-state index in [4.69, 9.17) is 4.74 Å². The molecule has 1 nitrogen and oxygen atoms in total. The normalized spacial score (nSPS) is 14.1. The number of hydrogen-bond donors (Lipinski definition) is 0. The van der Waals surface area contributed by atoms with Gasteiger partial charge in [-0.1, -0.05) is 169 Å². The molecule has 7 aromatic carbocycles. The molecule has 0 aromatic heterocycles. The molecule has 0 saturated heterocycles. The molecule has 0 fully saturated rings. The van der Waals surface area contributed by atoms with Crippen LogP contribution in [0.25, 0.3) is 44.2 Å². The summed E-state index contributed by atoms with van der Waals surface area (Å²) in [5.41, 5.74) is 15.0. The Hall–Kier alpha value is -5.40. The zero-order chi connectivity index (χ0) is 34.4. The highest BCUT2D eigenvalue weighted by atomic mass is 16.5. The minimum atomic E-state index is -0.476. The van der Waals surface area contributed by atoms with E-state index in [2.05, 4.69) is 187 Å². The van der Waals surface area contributed by atoms with Gasteiger partial charge in [-0.15, -0.1) is 0 Å². The number of hydrogen-bond acceptors (Lipinski definition) is 1. The van der Waals surface area contributed by atoms with Gasteiger partial charge in [0.15, 0.2) is 0 Å². The highest BCUT2D eigenvalue weighted by molar-refractivity contribution is 6.05. The fraction of sp³-hybridized carbons (Fsp3) is 0.184. The van der Waals surface area contributed by atoms with Crippen LogP contribution in [0.1, 0.15) is 74.9 Å². The van der Waals surface area contributed by atoms with E-state index >= 15 is 0 Å². The van der Waals surface area contributed by atoms with E-state index in [0.29, 0.717) is 0 Å². The molecular formula is C49H42O. The first-order chi connectivity index (χ1) is 24.0. The van der Waals surface area contributed by atoms with E-state index in [1.165, 1.54) is 72.0 Å². The third-order valence-corrected chi connectivity index (χ3v) is 11.1. The first-order valence-electron chi connectivity index (χ1n) is 17.8. The summed E-state index contributed by atoms with van der Waals surface area (Å²) < 4.78 is 6.50. The molecule has 2 aliphatic rings. The lowest BCUT2D eigenvalue weighted by Crippen LogP contribution is -2.29. The van der Waals surface area contributed by atoms with Crippen molar-refractivity contribution < 1.29 is 4.74 Å². The van der Waals surface area contributed by atoms with Gasteiger partial charge in [0.05, 0.1) is 5.41 Å². The molecule has 50 heavy (non-hydrogen) atoms. The second-order valence-electron chi connectivity index (χ2n) is 16.2. The topological polar surface area (TPSA) is 9.23 Å². The van der Waals surface area contributed by atoms with Gasteiger partial charge in [-0.25, -0.2) is 0 Å². The third-order valence-electron chi connectivity index (χ3n) is 11.1. The van der Waals surface area contributed by atoms with Gasteiger partial charge in [-0.3, -0.25) is 0 Å². The average molecular weight is 647 g/mol. The molecule has 0 radical (unpaired) electrons. The maximum Gasteiger partial charge on any atom is 0.135 e.